The van der Waals surface area contributed by atoms with E-state index in [9.17, 15) is 9.59 Å². The van der Waals surface area contributed by atoms with Crippen LogP contribution in [0.5, 0.6) is 0 Å². The maximum Gasteiger partial charge on any atom is 0.339 e. The number of rotatable bonds is 3. The number of esters is 1. The lowest BCUT2D eigenvalue weighted by atomic mass is 10.0. The van der Waals surface area contributed by atoms with Crippen LogP contribution in [0.25, 0.3) is 0 Å². The van der Waals surface area contributed by atoms with E-state index in [-0.39, 0.29) is 18.3 Å². The van der Waals surface area contributed by atoms with E-state index in [0.29, 0.717) is 18.6 Å². The van der Waals surface area contributed by atoms with Crippen molar-refractivity contribution in [1.82, 2.24) is 0 Å². The first kappa shape index (κ1) is 10.6. The zero-order valence-corrected chi connectivity index (χ0v) is 8.37. The van der Waals surface area contributed by atoms with Gasteiger partial charge in [-0.05, 0) is 18.9 Å². The van der Waals surface area contributed by atoms with E-state index in [1.807, 2.05) is 6.92 Å². The average Bonchev–Trinajstić information content (AvgIpc) is 2.17. The summed E-state index contributed by atoms with van der Waals surface area (Å²) in [5.41, 5.74) is 1.25. The molecular formula is C10H13NO3. The van der Waals surface area contributed by atoms with E-state index in [1.165, 1.54) is 6.21 Å². The van der Waals surface area contributed by atoms with Gasteiger partial charge < -0.3 is 4.74 Å². The van der Waals surface area contributed by atoms with Gasteiger partial charge in [0.15, 0.2) is 0 Å². The molecule has 0 N–H and O–H groups in total. The number of dihydropyridines is 1. The van der Waals surface area contributed by atoms with Crippen molar-refractivity contribution in [1.29, 1.82) is 0 Å². The van der Waals surface area contributed by atoms with E-state index in [4.69, 9.17) is 4.74 Å². The molecule has 0 spiro atoms. The molecule has 0 radical (unpaired) electrons. The Morgan fingerprint density at radius 1 is 1.57 bits per heavy atom. The van der Waals surface area contributed by atoms with Crippen LogP contribution in [0.15, 0.2) is 16.1 Å². The molecule has 0 atom stereocenters. The van der Waals surface area contributed by atoms with Crippen LogP contribution in [-0.2, 0) is 14.3 Å². The Morgan fingerprint density at radius 2 is 2.29 bits per heavy atom. The lowest BCUT2D eigenvalue weighted by Gasteiger charge is -2.11. The highest BCUT2D eigenvalue weighted by atomic mass is 16.5. The monoisotopic (exact) mass is 195 g/mol. The molecule has 0 saturated heterocycles. The first-order valence-corrected chi connectivity index (χ1v) is 4.65. The number of hydrogen-bond acceptors (Lipinski definition) is 3. The minimum atomic E-state index is -0.388. The number of carbonyl (C=O) groups excluding carboxylic acids is 2. The Hall–Kier alpha value is -1.45. The van der Waals surface area contributed by atoms with Gasteiger partial charge in [-0.15, -0.1) is 0 Å². The molecule has 0 aromatic heterocycles. The van der Waals surface area contributed by atoms with Gasteiger partial charge in [0.2, 0.25) is 5.91 Å². The van der Waals surface area contributed by atoms with E-state index in [2.05, 4.69) is 4.99 Å². The fourth-order valence-corrected chi connectivity index (χ4v) is 1.27. The van der Waals surface area contributed by atoms with Gasteiger partial charge in [0.1, 0.15) is 0 Å². The number of amides is 1. The predicted octanol–water partition coefficient (Wildman–Crippen LogP) is 1.26. The largest absolute Gasteiger partial charge is 0.462 e. The molecule has 1 aliphatic heterocycles. The summed E-state index contributed by atoms with van der Waals surface area (Å²) in [6.07, 6.45) is 2.22. The molecule has 0 fully saturated rings. The van der Waals surface area contributed by atoms with Gasteiger partial charge in [-0.1, -0.05) is 6.92 Å². The molecule has 1 amide bonds. The molecule has 76 valence electrons. The summed E-state index contributed by atoms with van der Waals surface area (Å²) in [7, 11) is 0. The molecule has 14 heavy (non-hydrogen) atoms. The molecule has 1 heterocycles. The van der Waals surface area contributed by atoms with Crippen LogP contribution in [0.4, 0.5) is 0 Å². The Morgan fingerprint density at radius 3 is 2.86 bits per heavy atom. The van der Waals surface area contributed by atoms with E-state index in [0.717, 1.165) is 5.57 Å². The number of ether oxygens (including phenoxy) is 1. The number of carbonyl (C=O) groups is 2. The second-order valence-electron chi connectivity index (χ2n) is 2.92. The van der Waals surface area contributed by atoms with E-state index >= 15 is 0 Å². The molecule has 0 aromatic rings. The van der Waals surface area contributed by atoms with Gasteiger partial charge in [0.25, 0.3) is 0 Å². The number of hydrogen-bond donors (Lipinski definition) is 0. The van der Waals surface area contributed by atoms with Crippen LogP contribution >= 0.6 is 0 Å². The first-order chi connectivity index (χ1) is 6.69. The molecule has 0 bridgehead atoms. The van der Waals surface area contributed by atoms with Crippen LogP contribution in [-0.4, -0.2) is 24.7 Å². The zero-order valence-electron chi connectivity index (χ0n) is 8.37. The Labute approximate surface area is 82.7 Å². The third-order valence-electron chi connectivity index (χ3n) is 2.01. The molecule has 0 aromatic carbocycles. The minimum Gasteiger partial charge on any atom is -0.462 e. The van der Waals surface area contributed by atoms with Crippen molar-refractivity contribution in [3.63, 3.8) is 0 Å². The van der Waals surface area contributed by atoms with Gasteiger partial charge in [0.05, 0.1) is 18.6 Å². The molecule has 1 rings (SSSR count). The summed E-state index contributed by atoms with van der Waals surface area (Å²) >= 11 is 0. The molecular weight excluding hydrogens is 182 g/mol. The van der Waals surface area contributed by atoms with Crippen LogP contribution in [0, 0.1) is 0 Å². The average molecular weight is 195 g/mol. The minimum absolute atomic E-state index is 0.199. The highest BCUT2D eigenvalue weighted by molar-refractivity contribution is 6.14. The fourth-order valence-electron chi connectivity index (χ4n) is 1.27. The molecule has 0 saturated carbocycles. The van der Waals surface area contributed by atoms with Gasteiger partial charge in [0, 0.05) is 6.21 Å². The smallest absolute Gasteiger partial charge is 0.339 e. The van der Waals surface area contributed by atoms with Gasteiger partial charge in [-0.3, -0.25) is 4.79 Å². The Kier molecular flexibility index (Phi) is 3.56. The van der Waals surface area contributed by atoms with E-state index < -0.39 is 0 Å². The molecule has 4 nitrogen and oxygen atoms in total. The van der Waals surface area contributed by atoms with Crippen molar-refractivity contribution in [3.05, 3.63) is 11.1 Å². The van der Waals surface area contributed by atoms with E-state index in [1.54, 1.807) is 6.92 Å². The summed E-state index contributed by atoms with van der Waals surface area (Å²) in [4.78, 5) is 26.0. The number of nitrogens with zero attached hydrogens (tertiary/aromatic N) is 1. The van der Waals surface area contributed by atoms with Crippen LogP contribution < -0.4 is 0 Å². The summed E-state index contributed by atoms with van der Waals surface area (Å²) in [5.74, 6) is -0.588. The van der Waals surface area contributed by atoms with Crippen molar-refractivity contribution in [2.24, 2.45) is 4.99 Å². The maximum atomic E-state index is 11.4. The van der Waals surface area contributed by atoms with Gasteiger partial charge in [-0.2, -0.15) is 0 Å². The fraction of sp³-hybridized carbons (Fsp3) is 0.500. The van der Waals surface area contributed by atoms with Crippen molar-refractivity contribution in [3.8, 4) is 0 Å². The summed E-state index contributed by atoms with van der Waals surface area (Å²) in [5, 5.41) is 0. The summed E-state index contributed by atoms with van der Waals surface area (Å²) in [6.45, 7) is 3.98. The molecule has 0 unspecified atom stereocenters. The normalized spacial score (nSPS) is 16.0. The Balaban J connectivity index is 2.88. The lowest BCUT2D eigenvalue weighted by Crippen LogP contribution is -2.16. The zero-order chi connectivity index (χ0) is 10.6. The van der Waals surface area contributed by atoms with Crippen molar-refractivity contribution >= 4 is 18.1 Å². The van der Waals surface area contributed by atoms with Crippen molar-refractivity contribution in [2.45, 2.75) is 26.7 Å². The first-order valence-electron chi connectivity index (χ1n) is 4.65. The van der Waals surface area contributed by atoms with Crippen molar-refractivity contribution < 1.29 is 14.3 Å². The van der Waals surface area contributed by atoms with Gasteiger partial charge >= 0.3 is 5.97 Å². The highest BCUT2D eigenvalue weighted by Gasteiger charge is 2.19. The predicted molar refractivity (Wildman–Crippen MR) is 52.1 cm³/mol. The lowest BCUT2D eigenvalue weighted by molar-refractivity contribution is -0.137. The molecule has 0 aliphatic carbocycles. The van der Waals surface area contributed by atoms with Crippen LogP contribution in [0.2, 0.25) is 0 Å². The quantitative estimate of drug-likeness (QED) is 0.637. The topological polar surface area (TPSA) is 55.7 Å². The van der Waals surface area contributed by atoms with Crippen LogP contribution in [0.1, 0.15) is 26.7 Å². The SMILES string of the molecule is CCOC(=O)C1=C(CC)CC(=O)N=C1. The Bertz CT molecular complexity index is 315. The number of aliphatic imine (C=N–C) groups is 1. The summed E-state index contributed by atoms with van der Waals surface area (Å²) in [6, 6.07) is 0. The molecule has 1 aliphatic rings. The summed E-state index contributed by atoms with van der Waals surface area (Å²) < 4.78 is 4.85. The second-order valence-corrected chi connectivity index (χ2v) is 2.92. The maximum absolute atomic E-state index is 11.4. The van der Waals surface area contributed by atoms with Crippen molar-refractivity contribution in [2.75, 3.05) is 6.61 Å². The highest BCUT2D eigenvalue weighted by Crippen LogP contribution is 2.17. The van der Waals surface area contributed by atoms with Crippen LogP contribution in [0.3, 0.4) is 0 Å². The van der Waals surface area contributed by atoms with Gasteiger partial charge in [-0.25, -0.2) is 9.79 Å². The third-order valence-corrected chi connectivity index (χ3v) is 2.01. The molecule has 4 heteroatoms. The third kappa shape index (κ3) is 2.28. The second kappa shape index (κ2) is 4.69. The standard InChI is InChI=1S/C10H13NO3/c1-3-7-5-9(12)11-6-8(7)10(13)14-4-2/h6H,3-5H2,1-2H3.